The van der Waals surface area contributed by atoms with E-state index in [2.05, 4.69) is 10.3 Å². The topological polar surface area (TPSA) is 71.2 Å². The number of carbonyl (C=O) groups excluding carboxylic acids is 1. The Kier molecular flexibility index (Phi) is 3.65. The summed E-state index contributed by atoms with van der Waals surface area (Å²) in [5, 5.41) is 18.1. The van der Waals surface area contributed by atoms with Gasteiger partial charge < -0.3 is 10.0 Å². The molecule has 0 saturated carbocycles. The number of halogens is 1. The third-order valence-corrected chi connectivity index (χ3v) is 3.95. The van der Waals surface area contributed by atoms with Crippen molar-refractivity contribution in [1.82, 2.24) is 19.9 Å². The summed E-state index contributed by atoms with van der Waals surface area (Å²) in [6.45, 7) is 2.67. The Morgan fingerprint density at radius 2 is 2.19 bits per heavy atom. The highest BCUT2D eigenvalue weighted by Gasteiger charge is 2.29. The van der Waals surface area contributed by atoms with Gasteiger partial charge in [-0.15, -0.1) is 5.10 Å². The molecule has 0 spiro atoms. The number of aliphatic hydroxyl groups is 1. The summed E-state index contributed by atoms with van der Waals surface area (Å²) in [4.78, 5) is 14.0. The molecule has 1 aliphatic rings. The first-order chi connectivity index (χ1) is 10.1. The molecule has 0 aliphatic carbocycles. The molecule has 6 nitrogen and oxygen atoms in total. The van der Waals surface area contributed by atoms with Gasteiger partial charge >= 0.3 is 0 Å². The van der Waals surface area contributed by atoms with E-state index in [0.717, 1.165) is 0 Å². The first kappa shape index (κ1) is 14.0. The predicted octanol–water partition coefficient (Wildman–Crippen LogP) is 1.44. The van der Waals surface area contributed by atoms with Crippen molar-refractivity contribution in [3.05, 3.63) is 40.7 Å². The number of likely N-dealkylation sites (tertiary alicyclic amines) is 1. The van der Waals surface area contributed by atoms with E-state index in [0.29, 0.717) is 41.6 Å². The fraction of sp³-hybridized carbons (Fsp3) is 0.357. The second-order valence-electron chi connectivity index (χ2n) is 5.08. The predicted molar refractivity (Wildman–Crippen MR) is 77.6 cm³/mol. The molecule has 1 N–H and O–H groups in total. The quantitative estimate of drug-likeness (QED) is 0.911. The highest BCUT2D eigenvalue weighted by atomic mass is 35.5. The Hall–Kier alpha value is -1.92. The van der Waals surface area contributed by atoms with Crippen LogP contribution in [0.15, 0.2) is 24.3 Å². The highest BCUT2D eigenvalue weighted by Crippen LogP contribution is 2.22. The third kappa shape index (κ3) is 2.52. The van der Waals surface area contributed by atoms with Crippen LogP contribution >= 0.6 is 11.6 Å². The van der Waals surface area contributed by atoms with Crippen LogP contribution in [0.5, 0.6) is 0 Å². The van der Waals surface area contributed by atoms with Gasteiger partial charge in [0.05, 0.1) is 22.5 Å². The maximum absolute atomic E-state index is 12.4. The fourth-order valence-corrected chi connectivity index (χ4v) is 2.67. The van der Waals surface area contributed by atoms with Gasteiger partial charge in [-0.25, -0.2) is 4.68 Å². The minimum absolute atomic E-state index is 0.206. The Labute approximate surface area is 126 Å². The molecule has 1 aromatic heterocycles. The van der Waals surface area contributed by atoms with Gasteiger partial charge in [-0.3, -0.25) is 4.79 Å². The second kappa shape index (κ2) is 5.46. The first-order valence-corrected chi connectivity index (χ1v) is 7.10. The van der Waals surface area contributed by atoms with Gasteiger partial charge in [0, 0.05) is 13.1 Å². The van der Waals surface area contributed by atoms with Gasteiger partial charge in [0.1, 0.15) is 0 Å². The number of carbonyl (C=O) groups is 1. The zero-order valence-corrected chi connectivity index (χ0v) is 12.3. The second-order valence-corrected chi connectivity index (χ2v) is 5.49. The zero-order valence-electron chi connectivity index (χ0n) is 11.5. The largest absolute Gasteiger partial charge is 0.391 e. The minimum atomic E-state index is -0.451. The van der Waals surface area contributed by atoms with Crippen LogP contribution in [-0.4, -0.2) is 50.1 Å². The smallest absolute Gasteiger partial charge is 0.276 e. The van der Waals surface area contributed by atoms with Gasteiger partial charge in [-0.05, 0) is 25.5 Å². The summed E-state index contributed by atoms with van der Waals surface area (Å²) in [6, 6.07) is 7.25. The molecule has 0 bridgehead atoms. The summed E-state index contributed by atoms with van der Waals surface area (Å²) >= 11 is 6.15. The van der Waals surface area contributed by atoms with Crippen molar-refractivity contribution in [2.45, 2.75) is 19.4 Å². The number of nitrogens with zero attached hydrogens (tertiary/aromatic N) is 4. The van der Waals surface area contributed by atoms with Crippen molar-refractivity contribution in [2.24, 2.45) is 0 Å². The Morgan fingerprint density at radius 3 is 2.86 bits per heavy atom. The van der Waals surface area contributed by atoms with Crippen LogP contribution in [0.25, 0.3) is 5.69 Å². The van der Waals surface area contributed by atoms with Crippen molar-refractivity contribution in [3.8, 4) is 5.69 Å². The Balaban J connectivity index is 1.93. The van der Waals surface area contributed by atoms with Crippen molar-refractivity contribution in [2.75, 3.05) is 13.1 Å². The van der Waals surface area contributed by atoms with Crippen LogP contribution in [0.3, 0.4) is 0 Å². The summed E-state index contributed by atoms with van der Waals surface area (Å²) in [6.07, 6.45) is 0.150. The number of amides is 1. The van der Waals surface area contributed by atoms with E-state index in [9.17, 15) is 9.90 Å². The Bertz CT molecular complexity index is 685. The van der Waals surface area contributed by atoms with E-state index in [4.69, 9.17) is 11.6 Å². The van der Waals surface area contributed by atoms with Gasteiger partial charge in [0.15, 0.2) is 5.69 Å². The lowest BCUT2D eigenvalue weighted by Gasteiger charge is -2.14. The summed E-state index contributed by atoms with van der Waals surface area (Å²) in [7, 11) is 0. The van der Waals surface area contributed by atoms with Crippen LogP contribution in [0.4, 0.5) is 0 Å². The van der Waals surface area contributed by atoms with Crippen LogP contribution in [0, 0.1) is 6.92 Å². The molecule has 2 aromatic rings. The van der Waals surface area contributed by atoms with Crippen LogP contribution < -0.4 is 0 Å². The molecule has 1 atom stereocenters. The number of benzene rings is 1. The minimum Gasteiger partial charge on any atom is -0.391 e. The number of rotatable bonds is 2. The molecule has 2 heterocycles. The number of para-hydroxylation sites is 1. The summed E-state index contributed by atoms with van der Waals surface area (Å²) in [5.41, 5.74) is 1.61. The number of β-amino-alcohol motifs (C(OH)–C–C–N with tert-alkyl or cyclic N) is 1. The van der Waals surface area contributed by atoms with Gasteiger partial charge in [-0.2, -0.15) is 0 Å². The Morgan fingerprint density at radius 1 is 1.43 bits per heavy atom. The average molecular weight is 307 g/mol. The molecule has 1 aromatic carbocycles. The van der Waals surface area contributed by atoms with E-state index in [1.807, 2.05) is 18.2 Å². The van der Waals surface area contributed by atoms with E-state index in [1.54, 1.807) is 22.6 Å². The lowest BCUT2D eigenvalue weighted by Crippen LogP contribution is -2.30. The van der Waals surface area contributed by atoms with Crippen molar-refractivity contribution >= 4 is 17.5 Å². The van der Waals surface area contributed by atoms with E-state index in [1.165, 1.54) is 0 Å². The number of aliphatic hydroxyl groups excluding tert-OH is 1. The molecular weight excluding hydrogens is 292 g/mol. The maximum Gasteiger partial charge on any atom is 0.276 e. The number of hydrogen-bond acceptors (Lipinski definition) is 4. The SMILES string of the molecule is Cc1c(C(=O)N2CC[C@H](O)C2)nnn1-c1ccccc1Cl. The maximum atomic E-state index is 12.4. The van der Waals surface area contributed by atoms with E-state index >= 15 is 0 Å². The molecular formula is C14H15ClN4O2. The van der Waals surface area contributed by atoms with Crippen molar-refractivity contribution < 1.29 is 9.90 Å². The van der Waals surface area contributed by atoms with Crippen molar-refractivity contribution in [1.29, 1.82) is 0 Å². The van der Waals surface area contributed by atoms with Gasteiger partial charge in [0.2, 0.25) is 0 Å². The van der Waals surface area contributed by atoms with Crippen LogP contribution in [0.2, 0.25) is 5.02 Å². The molecule has 0 radical (unpaired) electrons. The molecule has 21 heavy (non-hydrogen) atoms. The van der Waals surface area contributed by atoms with Crippen LogP contribution in [0.1, 0.15) is 22.6 Å². The fourth-order valence-electron chi connectivity index (χ4n) is 2.46. The van der Waals surface area contributed by atoms with Crippen LogP contribution in [-0.2, 0) is 0 Å². The summed E-state index contributed by atoms with van der Waals surface area (Å²) < 4.78 is 1.56. The van der Waals surface area contributed by atoms with Gasteiger partial charge in [0.25, 0.3) is 5.91 Å². The van der Waals surface area contributed by atoms with Crippen molar-refractivity contribution in [3.63, 3.8) is 0 Å². The number of hydrogen-bond donors (Lipinski definition) is 1. The molecule has 0 unspecified atom stereocenters. The normalized spacial score (nSPS) is 18.2. The lowest BCUT2D eigenvalue weighted by atomic mass is 10.2. The lowest BCUT2D eigenvalue weighted by molar-refractivity contribution is 0.0758. The molecule has 1 aliphatic heterocycles. The highest BCUT2D eigenvalue weighted by molar-refractivity contribution is 6.32. The van der Waals surface area contributed by atoms with E-state index < -0.39 is 6.10 Å². The molecule has 110 valence electrons. The van der Waals surface area contributed by atoms with E-state index in [-0.39, 0.29) is 5.91 Å². The summed E-state index contributed by atoms with van der Waals surface area (Å²) in [5.74, 6) is -0.206. The molecule has 1 saturated heterocycles. The van der Waals surface area contributed by atoms with Gasteiger partial charge in [-0.1, -0.05) is 28.9 Å². The average Bonchev–Trinajstić information content (AvgIpc) is 3.05. The third-order valence-electron chi connectivity index (χ3n) is 3.63. The molecule has 7 heteroatoms. The number of aromatic nitrogens is 3. The monoisotopic (exact) mass is 306 g/mol. The molecule has 1 amide bonds. The molecule has 1 fully saturated rings. The zero-order chi connectivity index (χ0) is 15.0. The standard InChI is InChI=1S/C14H15ClN4O2/c1-9-13(14(21)18-7-6-10(20)8-18)16-17-19(9)12-5-3-2-4-11(12)15/h2-5,10,20H,6-8H2,1H3/t10-/m0/s1. The first-order valence-electron chi connectivity index (χ1n) is 6.72. The molecule has 3 rings (SSSR count).